The first-order valence-electron chi connectivity index (χ1n) is 12.0. The molecule has 3 aliphatic carbocycles. The van der Waals surface area contributed by atoms with E-state index in [-0.39, 0.29) is 0 Å². The van der Waals surface area contributed by atoms with Gasteiger partial charge in [0, 0.05) is 0 Å². The van der Waals surface area contributed by atoms with Crippen LogP contribution in [0.2, 0.25) is 0 Å². The maximum atomic E-state index is 10.0. The van der Waals surface area contributed by atoms with Gasteiger partial charge in [-0.25, -0.2) is 0 Å². The van der Waals surface area contributed by atoms with Crippen LogP contribution in [0.3, 0.4) is 0 Å². The predicted octanol–water partition coefficient (Wildman–Crippen LogP) is 7.76. The smallest absolute Gasteiger partial charge is 0.0591 e. The van der Waals surface area contributed by atoms with E-state index >= 15 is 0 Å². The molecule has 0 bridgehead atoms. The summed E-state index contributed by atoms with van der Waals surface area (Å²) in [4.78, 5) is 0. The molecule has 3 saturated carbocycles. The highest BCUT2D eigenvalue weighted by molar-refractivity contribution is 5.26. The van der Waals surface area contributed by atoms with Crippen LogP contribution < -0.4 is 0 Å². The number of aliphatic hydroxyl groups is 1. The summed E-state index contributed by atoms with van der Waals surface area (Å²) in [6.45, 7) is 13.1. The molecule has 0 saturated heterocycles. The average molecular weight is 385 g/mol. The molecule has 0 aromatic rings. The first-order chi connectivity index (χ1) is 13.2. The fraction of sp³-hybridized carbons (Fsp3) is 0.778. The fourth-order valence-electron chi connectivity index (χ4n) is 6.59. The molecule has 3 rings (SSSR count). The predicted molar refractivity (Wildman–Crippen MR) is 121 cm³/mol. The largest absolute Gasteiger partial charge is 0.390 e. The molecule has 0 aliphatic heterocycles. The average Bonchev–Trinajstić information content (AvgIpc) is 2.97. The van der Waals surface area contributed by atoms with Crippen molar-refractivity contribution in [1.82, 2.24) is 0 Å². The lowest BCUT2D eigenvalue weighted by Crippen LogP contribution is -2.36. The molecule has 0 aromatic carbocycles. The molecule has 0 radical (unpaired) electrons. The topological polar surface area (TPSA) is 20.2 Å². The van der Waals surface area contributed by atoms with Crippen molar-refractivity contribution < 1.29 is 5.11 Å². The van der Waals surface area contributed by atoms with Crippen LogP contribution in [0.1, 0.15) is 105 Å². The third-order valence-electron chi connectivity index (χ3n) is 8.31. The minimum absolute atomic E-state index is 0.498. The van der Waals surface area contributed by atoms with Gasteiger partial charge in [-0.05, 0) is 101 Å². The lowest BCUT2D eigenvalue weighted by molar-refractivity contribution is 0.0597. The minimum Gasteiger partial charge on any atom is -0.390 e. The van der Waals surface area contributed by atoms with Gasteiger partial charge in [-0.15, -0.1) is 0 Å². The Morgan fingerprint density at radius 2 is 1.86 bits per heavy atom. The first-order valence-corrected chi connectivity index (χ1v) is 12.0. The zero-order valence-corrected chi connectivity index (χ0v) is 19.0. The summed E-state index contributed by atoms with van der Waals surface area (Å²) >= 11 is 0. The SMILES string of the molecule is C=C1CCC(=C/C=C2\CCCC3(C)C2CCC3[C@H](C)CCCC(C)(C)O)CC1. The number of hydrogen-bond acceptors (Lipinski definition) is 1. The third kappa shape index (κ3) is 5.21. The van der Waals surface area contributed by atoms with E-state index in [1.807, 2.05) is 13.8 Å². The van der Waals surface area contributed by atoms with E-state index in [1.54, 1.807) is 11.1 Å². The molecule has 158 valence electrons. The second kappa shape index (κ2) is 8.90. The second-order valence-corrected chi connectivity index (χ2v) is 11.1. The molecule has 1 nitrogen and oxygen atoms in total. The van der Waals surface area contributed by atoms with Gasteiger partial charge in [-0.2, -0.15) is 0 Å². The van der Waals surface area contributed by atoms with E-state index in [9.17, 15) is 5.11 Å². The van der Waals surface area contributed by atoms with Gasteiger partial charge in [0.2, 0.25) is 0 Å². The van der Waals surface area contributed by atoms with Crippen molar-refractivity contribution >= 4 is 0 Å². The minimum atomic E-state index is -0.512. The Bertz CT molecular complexity index is 605. The second-order valence-electron chi connectivity index (χ2n) is 11.1. The Morgan fingerprint density at radius 3 is 2.54 bits per heavy atom. The Kier molecular flexibility index (Phi) is 6.96. The first kappa shape index (κ1) is 21.9. The Hall–Kier alpha value is -0.820. The highest BCUT2D eigenvalue weighted by atomic mass is 16.3. The van der Waals surface area contributed by atoms with Crippen molar-refractivity contribution in [1.29, 1.82) is 0 Å². The van der Waals surface area contributed by atoms with Gasteiger partial charge in [0.1, 0.15) is 0 Å². The molecule has 3 unspecified atom stereocenters. The molecule has 4 atom stereocenters. The van der Waals surface area contributed by atoms with Crippen molar-refractivity contribution in [3.8, 4) is 0 Å². The molecular formula is C27H44O. The van der Waals surface area contributed by atoms with E-state index < -0.39 is 5.60 Å². The fourth-order valence-corrected chi connectivity index (χ4v) is 6.59. The van der Waals surface area contributed by atoms with Crippen LogP contribution in [0.5, 0.6) is 0 Å². The van der Waals surface area contributed by atoms with E-state index in [1.165, 1.54) is 69.8 Å². The summed E-state index contributed by atoms with van der Waals surface area (Å²) in [5.74, 6) is 2.44. The molecule has 0 amide bonds. The van der Waals surface area contributed by atoms with Gasteiger partial charge < -0.3 is 5.11 Å². The van der Waals surface area contributed by atoms with Crippen molar-refractivity contribution in [3.05, 3.63) is 35.5 Å². The summed E-state index contributed by atoms with van der Waals surface area (Å²) in [5.41, 5.74) is 4.81. The number of fused-ring (bicyclic) bond motifs is 1. The molecule has 3 fully saturated rings. The Morgan fingerprint density at radius 1 is 1.14 bits per heavy atom. The van der Waals surface area contributed by atoms with Crippen LogP contribution in [-0.2, 0) is 0 Å². The van der Waals surface area contributed by atoms with E-state index in [4.69, 9.17) is 0 Å². The lowest BCUT2D eigenvalue weighted by atomic mass is 9.60. The summed E-state index contributed by atoms with van der Waals surface area (Å²) < 4.78 is 0. The zero-order chi connectivity index (χ0) is 20.4. The molecule has 0 heterocycles. The Balaban J connectivity index is 1.64. The van der Waals surface area contributed by atoms with Crippen molar-refractivity contribution in [3.63, 3.8) is 0 Å². The summed E-state index contributed by atoms with van der Waals surface area (Å²) in [7, 11) is 0. The van der Waals surface area contributed by atoms with Crippen LogP contribution in [0.4, 0.5) is 0 Å². The van der Waals surface area contributed by atoms with Gasteiger partial charge in [-0.3, -0.25) is 0 Å². The molecular weight excluding hydrogens is 340 g/mol. The standard InChI is InChI=1S/C27H44O/c1-20-10-12-22(13-11-20)14-15-23-9-7-19-27(5)24(16-17-25(23)27)21(2)8-6-18-26(3,4)28/h14-15,21,24-25,28H,1,6-13,16-19H2,2-5H3/b23-15+/t21-,24?,25?,27?/m1/s1. The molecule has 3 aliphatic rings. The normalized spacial score (nSPS) is 33.8. The van der Waals surface area contributed by atoms with Crippen LogP contribution in [0.25, 0.3) is 0 Å². The van der Waals surface area contributed by atoms with E-state index in [0.29, 0.717) is 5.41 Å². The van der Waals surface area contributed by atoms with Crippen LogP contribution >= 0.6 is 0 Å². The summed E-state index contributed by atoms with van der Waals surface area (Å²) in [6, 6.07) is 0. The molecule has 1 heteroatoms. The van der Waals surface area contributed by atoms with Crippen LogP contribution in [-0.4, -0.2) is 10.7 Å². The maximum absolute atomic E-state index is 10.0. The summed E-state index contributed by atoms with van der Waals surface area (Å²) in [6.07, 6.45) is 20.1. The Labute approximate surface area is 174 Å². The molecule has 28 heavy (non-hydrogen) atoms. The van der Waals surface area contributed by atoms with E-state index in [2.05, 4.69) is 32.6 Å². The van der Waals surface area contributed by atoms with Crippen molar-refractivity contribution in [2.24, 2.45) is 23.2 Å². The van der Waals surface area contributed by atoms with Crippen molar-refractivity contribution in [2.45, 2.75) is 110 Å². The third-order valence-corrected chi connectivity index (χ3v) is 8.31. The van der Waals surface area contributed by atoms with Crippen LogP contribution in [0, 0.1) is 23.2 Å². The number of allylic oxidation sites excluding steroid dienone is 5. The maximum Gasteiger partial charge on any atom is 0.0591 e. The lowest BCUT2D eigenvalue weighted by Gasteiger charge is -2.44. The van der Waals surface area contributed by atoms with Gasteiger partial charge in [-0.1, -0.05) is 62.1 Å². The van der Waals surface area contributed by atoms with Gasteiger partial charge in [0.15, 0.2) is 0 Å². The molecule has 1 N–H and O–H groups in total. The number of hydrogen-bond donors (Lipinski definition) is 1. The highest BCUT2D eigenvalue weighted by Gasteiger charge is 2.50. The monoisotopic (exact) mass is 384 g/mol. The quantitative estimate of drug-likeness (QED) is 0.464. The van der Waals surface area contributed by atoms with Gasteiger partial charge >= 0.3 is 0 Å². The van der Waals surface area contributed by atoms with Gasteiger partial charge in [0.25, 0.3) is 0 Å². The highest BCUT2D eigenvalue weighted by Crippen LogP contribution is 2.59. The summed E-state index contributed by atoms with van der Waals surface area (Å²) in [5, 5.41) is 10.0. The molecule has 0 spiro atoms. The number of rotatable bonds is 6. The van der Waals surface area contributed by atoms with Gasteiger partial charge in [0.05, 0.1) is 5.60 Å². The van der Waals surface area contributed by atoms with E-state index in [0.717, 1.165) is 30.6 Å². The zero-order valence-electron chi connectivity index (χ0n) is 19.0. The van der Waals surface area contributed by atoms with Crippen LogP contribution in [0.15, 0.2) is 35.5 Å². The van der Waals surface area contributed by atoms with Crippen molar-refractivity contribution in [2.75, 3.05) is 0 Å². The molecule has 0 aromatic heterocycles.